The Morgan fingerprint density at radius 2 is 2.17 bits per heavy atom. The van der Waals surface area contributed by atoms with Crippen LogP contribution in [0.25, 0.3) is 15.8 Å². The van der Waals surface area contributed by atoms with Gasteiger partial charge in [0.05, 0.1) is 23.4 Å². The van der Waals surface area contributed by atoms with E-state index >= 15 is 0 Å². The van der Waals surface area contributed by atoms with E-state index in [0.717, 1.165) is 39.6 Å². The lowest BCUT2D eigenvalue weighted by molar-refractivity contribution is 0.122. The summed E-state index contributed by atoms with van der Waals surface area (Å²) in [5.41, 5.74) is 1.94. The van der Waals surface area contributed by atoms with Crippen LogP contribution in [-0.2, 0) is 4.74 Å². The zero-order chi connectivity index (χ0) is 16.2. The number of nitrogens with zero attached hydrogens (tertiary/aromatic N) is 3. The Balaban J connectivity index is 2.09. The van der Waals surface area contributed by atoms with E-state index in [9.17, 15) is 0 Å². The standard InChI is InChI=1S/C17H18ClN3OS/c1-3-5-6-12(4-2)14-11-13-15(23-14)16(20-17(18)19-13)21-7-9-22-10-8-21/h3-6,11H,2,7-10H2,1H3/b5-3-,12-6+. The molecule has 1 aliphatic heterocycles. The summed E-state index contributed by atoms with van der Waals surface area (Å²) in [7, 11) is 0. The van der Waals surface area contributed by atoms with Crippen LogP contribution in [0, 0.1) is 0 Å². The van der Waals surface area contributed by atoms with Crippen molar-refractivity contribution in [3.8, 4) is 0 Å². The van der Waals surface area contributed by atoms with Gasteiger partial charge in [-0.3, -0.25) is 0 Å². The minimum atomic E-state index is 0.279. The molecular formula is C17H18ClN3OS. The van der Waals surface area contributed by atoms with Crippen molar-refractivity contribution in [3.05, 3.63) is 47.1 Å². The van der Waals surface area contributed by atoms with Gasteiger partial charge in [-0.15, -0.1) is 11.3 Å². The molecule has 3 heterocycles. The molecule has 0 atom stereocenters. The first-order chi connectivity index (χ1) is 11.2. The molecule has 2 aromatic rings. The van der Waals surface area contributed by atoms with E-state index in [-0.39, 0.29) is 5.28 Å². The van der Waals surface area contributed by atoms with Crippen molar-refractivity contribution in [2.45, 2.75) is 6.92 Å². The molecule has 0 unspecified atom stereocenters. The van der Waals surface area contributed by atoms with Crippen LogP contribution in [0.1, 0.15) is 11.8 Å². The number of anilines is 1. The van der Waals surface area contributed by atoms with Crippen LogP contribution in [0.3, 0.4) is 0 Å². The summed E-state index contributed by atoms with van der Waals surface area (Å²) in [6, 6.07) is 2.05. The van der Waals surface area contributed by atoms with Crippen LogP contribution >= 0.6 is 22.9 Å². The molecule has 6 heteroatoms. The van der Waals surface area contributed by atoms with Crippen molar-refractivity contribution >= 4 is 44.5 Å². The summed E-state index contributed by atoms with van der Waals surface area (Å²) in [4.78, 5) is 12.2. The lowest BCUT2D eigenvalue weighted by Gasteiger charge is -2.28. The van der Waals surface area contributed by atoms with Gasteiger partial charge < -0.3 is 9.64 Å². The monoisotopic (exact) mass is 347 g/mol. The van der Waals surface area contributed by atoms with E-state index in [1.54, 1.807) is 11.3 Å². The van der Waals surface area contributed by atoms with Gasteiger partial charge in [-0.2, -0.15) is 4.98 Å². The van der Waals surface area contributed by atoms with Gasteiger partial charge in [0.2, 0.25) is 5.28 Å². The molecule has 0 amide bonds. The Labute approximate surface area is 144 Å². The Kier molecular flexibility index (Phi) is 5.10. The van der Waals surface area contributed by atoms with E-state index in [4.69, 9.17) is 16.3 Å². The zero-order valence-corrected chi connectivity index (χ0v) is 14.5. The molecule has 0 bridgehead atoms. The summed E-state index contributed by atoms with van der Waals surface area (Å²) in [6.07, 6.45) is 7.89. The molecule has 0 aromatic carbocycles. The number of fused-ring (bicyclic) bond motifs is 1. The smallest absolute Gasteiger partial charge is 0.224 e. The van der Waals surface area contributed by atoms with Gasteiger partial charge >= 0.3 is 0 Å². The van der Waals surface area contributed by atoms with Gasteiger partial charge in [0.15, 0.2) is 5.82 Å². The molecule has 1 saturated heterocycles. The van der Waals surface area contributed by atoms with Crippen LogP contribution in [0.4, 0.5) is 5.82 Å². The number of morpholine rings is 1. The van der Waals surface area contributed by atoms with E-state index in [1.807, 2.05) is 31.2 Å². The summed E-state index contributed by atoms with van der Waals surface area (Å²) >= 11 is 7.80. The van der Waals surface area contributed by atoms with Crippen LogP contribution < -0.4 is 4.90 Å². The molecule has 0 saturated carbocycles. The van der Waals surface area contributed by atoms with Gasteiger partial charge in [-0.05, 0) is 30.2 Å². The number of hydrogen-bond acceptors (Lipinski definition) is 5. The maximum Gasteiger partial charge on any atom is 0.224 e. The van der Waals surface area contributed by atoms with E-state index in [0.29, 0.717) is 13.2 Å². The molecule has 3 rings (SSSR count). The van der Waals surface area contributed by atoms with Crippen LogP contribution in [0.15, 0.2) is 36.9 Å². The SMILES string of the molecule is C=C/C(=C\C=C/C)c1cc2nc(Cl)nc(N3CCOCC3)c2s1. The first-order valence-corrected chi connectivity index (χ1v) is 8.68. The predicted octanol–water partition coefficient (Wildman–Crippen LogP) is 4.33. The normalized spacial score (nSPS) is 16.4. The number of thiophene rings is 1. The molecule has 23 heavy (non-hydrogen) atoms. The van der Waals surface area contributed by atoms with Crippen LogP contribution in [0.2, 0.25) is 5.28 Å². The fourth-order valence-electron chi connectivity index (χ4n) is 2.47. The van der Waals surface area contributed by atoms with Crippen LogP contribution in [0.5, 0.6) is 0 Å². The molecule has 1 aliphatic rings. The fraction of sp³-hybridized carbons (Fsp3) is 0.294. The highest BCUT2D eigenvalue weighted by Gasteiger charge is 2.19. The number of hydrogen-bond donors (Lipinski definition) is 0. The lowest BCUT2D eigenvalue weighted by atomic mass is 10.2. The number of allylic oxidation sites excluding steroid dienone is 5. The zero-order valence-electron chi connectivity index (χ0n) is 13.0. The average Bonchev–Trinajstić information content (AvgIpc) is 2.99. The number of halogens is 1. The van der Waals surface area contributed by atoms with Crippen molar-refractivity contribution in [2.75, 3.05) is 31.2 Å². The minimum Gasteiger partial charge on any atom is -0.378 e. The highest BCUT2D eigenvalue weighted by molar-refractivity contribution is 7.20. The first-order valence-electron chi connectivity index (χ1n) is 7.48. The van der Waals surface area contributed by atoms with Gasteiger partial charge in [0.25, 0.3) is 0 Å². The molecular weight excluding hydrogens is 330 g/mol. The van der Waals surface area contributed by atoms with Crippen LogP contribution in [-0.4, -0.2) is 36.3 Å². The number of rotatable bonds is 4. The second-order valence-corrected chi connectivity index (χ2v) is 6.48. The predicted molar refractivity (Wildman–Crippen MR) is 98.4 cm³/mol. The molecule has 0 radical (unpaired) electrons. The van der Waals surface area contributed by atoms with Crippen molar-refractivity contribution < 1.29 is 4.74 Å². The summed E-state index contributed by atoms with van der Waals surface area (Å²) in [5, 5.41) is 0.279. The maximum absolute atomic E-state index is 6.13. The molecule has 0 spiro atoms. The molecule has 4 nitrogen and oxygen atoms in total. The van der Waals surface area contributed by atoms with E-state index in [2.05, 4.69) is 27.5 Å². The number of aromatic nitrogens is 2. The molecule has 120 valence electrons. The summed E-state index contributed by atoms with van der Waals surface area (Å²) in [5.74, 6) is 0.897. The topological polar surface area (TPSA) is 38.2 Å². The Morgan fingerprint density at radius 1 is 1.39 bits per heavy atom. The van der Waals surface area contributed by atoms with E-state index in [1.165, 1.54) is 0 Å². The molecule has 1 fully saturated rings. The van der Waals surface area contributed by atoms with Gasteiger partial charge in [0, 0.05) is 18.0 Å². The molecule has 2 aromatic heterocycles. The molecule has 0 N–H and O–H groups in total. The highest BCUT2D eigenvalue weighted by Crippen LogP contribution is 2.36. The largest absolute Gasteiger partial charge is 0.378 e. The van der Waals surface area contributed by atoms with E-state index < -0.39 is 0 Å². The summed E-state index contributed by atoms with van der Waals surface area (Å²) in [6.45, 7) is 8.95. The third-order valence-corrected chi connectivity index (χ3v) is 4.95. The van der Waals surface area contributed by atoms with Crippen molar-refractivity contribution in [1.82, 2.24) is 9.97 Å². The minimum absolute atomic E-state index is 0.279. The van der Waals surface area contributed by atoms with Crippen molar-refractivity contribution in [3.63, 3.8) is 0 Å². The molecule has 0 aliphatic carbocycles. The number of ether oxygens (including phenoxy) is 1. The van der Waals surface area contributed by atoms with Crippen molar-refractivity contribution in [2.24, 2.45) is 0 Å². The fourth-order valence-corrected chi connectivity index (χ4v) is 3.78. The second-order valence-electron chi connectivity index (χ2n) is 5.09. The van der Waals surface area contributed by atoms with Gasteiger partial charge in [-0.1, -0.05) is 30.9 Å². The first kappa shape index (κ1) is 16.2. The average molecular weight is 348 g/mol. The third-order valence-electron chi connectivity index (χ3n) is 3.61. The Hall–Kier alpha value is -1.69. The van der Waals surface area contributed by atoms with Crippen molar-refractivity contribution in [1.29, 1.82) is 0 Å². The Bertz CT molecular complexity index is 775. The van der Waals surface area contributed by atoms with Gasteiger partial charge in [0.1, 0.15) is 0 Å². The maximum atomic E-state index is 6.13. The quantitative estimate of drug-likeness (QED) is 0.609. The highest BCUT2D eigenvalue weighted by atomic mass is 35.5. The second kappa shape index (κ2) is 7.25. The van der Waals surface area contributed by atoms with Gasteiger partial charge in [-0.25, -0.2) is 4.98 Å². The summed E-state index contributed by atoms with van der Waals surface area (Å²) < 4.78 is 6.48. The third kappa shape index (κ3) is 3.47. The Morgan fingerprint density at radius 3 is 2.87 bits per heavy atom. The lowest BCUT2D eigenvalue weighted by Crippen LogP contribution is -2.36.